The van der Waals surface area contributed by atoms with Crippen LogP contribution in [0.4, 0.5) is 0 Å². The number of benzene rings is 2. The second-order valence-electron chi connectivity index (χ2n) is 12.7. The van der Waals surface area contributed by atoms with Crippen molar-refractivity contribution in [1.82, 2.24) is 37.8 Å². The van der Waals surface area contributed by atoms with Gasteiger partial charge in [-0.05, 0) is 64.1 Å². The van der Waals surface area contributed by atoms with Crippen LogP contribution in [0.5, 0.6) is 11.5 Å². The van der Waals surface area contributed by atoms with Gasteiger partial charge in [-0.3, -0.25) is 14.2 Å². The van der Waals surface area contributed by atoms with Crippen LogP contribution in [0.15, 0.2) is 70.7 Å². The van der Waals surface area contributed by atoms with Crippen molar-refractivity contribution >= 4 is 28.0 Å². The van der Waals surface area contributed by atoms with Crippen molar-refractivity contribution in [3.05, 3.63) is 94.7 Å². The van der Waals surface area contributed by atoms with Crippen LogP contribution < -0.4 is 20.7 Å². The molecular formula is C38H48N10O5. The summed E-state index contributed by atoms with van der Waals surface area (Å²) in [6.07, 6.45) is 3.34. The molecule has 0 spiro atoms. The van der Waals surface area contributed by atoms with Gasteiger partial charge >= 0.3 is 0 Å². The largest absolute Gasteiger partial charge is 0.494 e. The maximum absolute atomic E-state index is 13.6. The van der Waals surface area contributed by atoms with E-state index < -0.39 is 6.23 Å². The minimum absolute atomic E-state index is 0.0170. The van der Waals surface area contributed by atoms with Crippen LogP contribution >= 0.6 is 0 Å². The Kier molecular flexibility index (Phi) is 11.1. The molecule has 6 rings (SSSR count). The molecule has 1 atom stereocenters. The van der Waals surface area contributed by atoms with E-state index in [1.54, 1.807) is 22.5 Å². The van der Waals surface area contributed by atoms with E-state index in [-0.39, 0.29) is 12.5 Å². The molecule has 0 bridgehead atoms. The Labute approximate surface area is 307 Å². The maximum Gasteiger partial charge on any atom is 0.298 e. The quantitative estimate of drug-likeness (QED) is 0.128. The number of hydrogen-bond acceptors (Lipinski definition) is 8. The van der Waals surface area contributed by atoms with Crippen LogP contribution in [0.3, 0.4) is 0 Å². The molecule has 0 saturated heterocycles. The van der Waals surface area contributed by atoms with Gasteiger partial charge in [-0.2, -0.15) is 15.2 Å². The van der Waals surface area contributed by atoms with Crippen LogP contribution in [0.25, 0.3) is 22.1 Å². The molecule has 4 aromatic heterocycles. The van der Waals surface area contributed by atoms with E-state index in [0.29, 0.717) is 73.3 Å². The van der Waals surface area contributed by atoms with Crippen molar-refractivity contribution in [1.29, 1.82) is 0 Å². The predicted molar refractivity (Wildman–Crippen MR) is 200 cm³/mol. The number of methoxy groups -OCH3 is 1. The summed E-state index contributed by atoms with van der Waals surface area (Å²) in [6.45, 7) is 9.89. The lowest BCUT2D eigenvalue weighted by molar-refractivity contribution is 0.0985. The van der Waals surface area contributed by atoms with Gasteiger partial charge in [0.25, 0.3) is 5.91 Å². The van der Waals surface area contributed by atoms with E-state index >= 15 is 0 Å². The summed E-state index contributed by atoms with van der Waals surface area (Å²) in [5.41, 5.74) is 6.86. The number of hydrogen-bond donors (Lipinski definition) is 2. The Bertz CT molecular complexity index is 2430. The number of fused-ring (bicyclic) bond motifs is 2. The van der Waals surface area contributed by atoms with Crippen molar-refractivity contribution in [2.75, 3.05) is 20.3 Å². The SMILES string of the molecule is CCn1nc(C)cc1C(=O)N=c1n(C)c2cccc(OC)c2n1C/C=C/Cn1c(=NC(O)c2cc(C)nn2CC)n(C)c2cccc(OCCCO)c21. The number of aliphatic hydroxyl groups is 2. The van der Waals surface area contributed by atoms with E-state index in [2.05, 4.69) is 15.2 Å². The highest BCUT2D eigenvalue weighted by Crippen LogP contribution is 2.27. The zero-order valence-electron chi connectivity index (χ0n) is 31.4. The van der Waals surface area contributed by atoms with E-state index in [1.807, 2.05) is 115 Å². The van der Waals surface area contributed by atoms with Crippen LogP contribution in [-0.2, 0) is 40.3 Å². The maximum atomic E-state index is 13.6. The minimum Gasteiger partial charge on any atom is -0.494 e. The Hall–Kier alpha value is -5.67. The van der Waals surface area contributed by atoms with Crippen LogP contribution in [0.2, 0.25) is 0 Å². The average Bonchev–Trinajstić information content (AvgIpc) is 3.88. The number of aromatic nitrogens is 8. The van der Waals surface area contributed by atoms with Gasteiger partial charge in [-0.15, -0.1) is 0 Å². The van der Waals surface area contributed by atoms with Crippen molar-refractivity contribution in [3.63, 3.8) is 0 Å². The molecule has 0 fully saturated rings. The Morgan fingerprint density at radius 3 is 2.09 bits per heavy atom. The average molecular weight is 725 g/mol. The number of aryl methyl sites for hydroxylation is 6. The lowest BCUT2D eigenvalue weighted by atomic mass is 10.2. The topological polar surface area (TPSA) is 156 Å². The summed E-state index contributed by atoms with van der Waals surface area (Å²) in [6, 6.07) is 15.2. The van der Waals surface area contributed by atoms with Crippen molar-refractivity contribution in [2.45, 2.75) is 66.5 Å². The molecule has 280 valence electrons. The van der Waals surface area contributed by atoms with Gasteiger partial charge in [0.1, 0.15) is 28.2 Å². The summed E-state index contributed by atoms with van der Waals surface area (Å²) in [5.74, 6) is 0.902. The predicted octanol–water partition coefficient (Wildman–Crippen LogP) is 3.68. The molecular weight excluding hydrogens is 676 g/mol. The summed E-state index contributed by atoms with van der Waals surface area (Å²) in [4.78, 5) is 23.1. The first kappa shape index (κ1) is 37.1. The number of rotatable bonds is 14. The van der Waals surface area contributed by atoms with Gasteiger partial charge in [0, 0.05) is 53.3 Å². The first-order valence-electron chi connectivity index (χ1n) is 17.8. The summed E-state index contributed by atoms with van der Waals surface area (Å²) >= 11 is 0. The number of allylic oxidation sites excluding steroid dienone is 2. The molecule has 1 unspecified atom stereocenters. The smallest absolute Gasteiger partial charge is 0.298 e. The Balaban J connectivity index is 1.45. The molecule has 0 aliphatic heterocycles. The first-order valence-corrected chi connectivity index (χ1v) is 17.8. The molecule has 2 N–H and O–H groups in total. The van der Waals surface area contributed by atoms with Crippen molar-refractivity contribution in [2.24, 2.45) is 24.1 Å². The Morgan fingerprint density at radius 1 is 0.868 bits per heavy atom. The number of para-hydroxylation sites is 2. The molecule has 2 aromatic carbocycles. The highest BCUT2D eigenvalue weighted by atomic mass is 16.5. The van der Waals surface area contributed by atoms with Crippen LogP contribution in [0, 0.1) is 13.8 Å². The second-order valence-corrected chi connectivity index (χ2v) is 12.7. The standard InChI is InChI=1S/C38H48N10O5/c1-8-47-29(23-25(3)41-47)35(50)39-37-43(5)27-15-12-17-31(52-7)33(27)45(37)19-10-11-20-46-34-28(16-13-18-32(34)53-22-14-21-49)44(6)38(46)40-36(51)30-24-26(4)42-48(30)9-2/h10-13,15-18,23-24,36,49,51H,8-9,14,19-22H2,1-7H3/b11-10+,39-37?,40-38?. The molecule has 1 amide bonds. The van der Waals surface area contributed by atoms with Gasteiger partial charge < -0.3 is 38.0 Å². The zero-order chi connectivity index (χ0) is 37.8. The molecule has 6 aromatic rings. The highest BCUT2D eigenvalue weighted by molar-refractivity contribution is 5.93. The lowest BCUT2D eigenvalue weighted by Crippen LogP contribution is -2.27. The fraction of sp³-hybridized carbons (Fsp3) is 0.395. The number of amides is 1. The van der Waals surface area contributed by atoms with Gasteiger partial charge in [-0.1, -0.05) is 24.3 Å². The number of imidazole rings is 2. The highest BCUT2D eigenvalue weighted by Gasteiger charge is 2.19. The molecule has 0 aliphatic carbocycles. The van der Waals surface area contributed by atoms with Gasteiger partial charge in [0.2, 0.25) is 11.2 Å². The summed E-state index contributed by atoms with van der Waals surface area (Å²) in [7, 11) is 5.41. The lowest BCUT2D eigenvalue weighted by Gasteiger charge is -2.10. The minimum atomic E-state index is -1.17. The molecule has 15 heteroatoms. The summed E-state index contributed by atoms with van der Waals surface area (Å²) in [5, 5.41) is 29.8. The van der Waals surface area contributed by atoms with Gasteiger partial charge in [-0.25, -0.2) is 4.99 Å². The fourth-order valence-electron chi connectivity index (χ4n) is 6.72. The second kappa shape index (κ2) is 15.9. The third-order valence-electron chi connectivity index (χ3n) is 9.18. The molecule has 0 radical (unpaired) electrons. The zero-order valence-corrected chi connectivity index (χ0v) is 31.4. The molecule has 53 heavy (non-hydrogen) atoms. The molecule has 4 heterocycles. The number of carbonyl (C=O) groups excluding carboxylic acids is 1. The monoisotopic (exact) mass is 724 g/mol. The number of carbonyl (C=O) groups is 1. The van der Waals surface area contributed by atoms with Crippen molar-refractivity contribution < 1.29 is 24.5 Å². The first-order chi connectivity index (χ1) is 25.6. The third-order valence-corrected chi connectivity index (χ3v) is 9.18. The normalized spacial score (nSPS) is 13.3. The Morgan fingerprint density at radius 2 is 1.45 bits per heavy atom. The van der Waals surface area contributed by atoms with E-state index in [1.165, 1.54) is 0 Å². The van der Waals surface area contributed by atoms with Gasteiger partial charge in [0.15, 0.2) is 6.23 Å². The van der Waals surface area contributed by atoms with E-state index in [0.717, 1.165) is 33.5 Å². The summed E-state index contributed by atoms with van der Waals surface area (Å²) < 4.78 is 23.1. The number of nitrogens with zero attached hydrogens (tertiary/aromatic N) is 10. The van der Waals surface area contributed by atoms with E-state index in [9.17, 15) is 15.0 Å². The van der Waals surface area contributed by atoms with Crippen LogP contribution in [0.1, 0.15) is 54.1 Å². The molecule has 0 saturated carbocycles. The molecule has 15 nitrogen and oxygen atoms in total. The number of ether oxygens (including phenoxy) is 2. The third kappa shape index (κ3) is 7.22. The van der Waals surface area contributed by atoms with Crippen molar-refractivity contribution in [3.8, 4) is 11.5 Å². The molecule has 0 aliphatic rings. The van der Waals surface area contributed by atoms with Crippen LogP contribution in [-0.4, -0.2) is 74.3 Å². The number of aliphatic hydroxyl groups excluding tert-OH is 2. The fourth-order valence-corrected chi connectivity index (χ4v) is 6.72. The van der Waals surface area contributed by atoms with Gasteiger partial charge in [0.05, 0.1) is 41.8 Å². The van der Waals surface area contributed by atoms with E-state index in [4.69, 9.17) is 14.5 Å².